The summed E-state index contributed by atoms with van der Waals surface area (Å²) in [5, 5.41) is 4.05. The molecule has 2 aromatic carbocycles. The standard InChI is InChI=1S/C22H21N3O5/c1-4-25-16-12-15(7-9-17(16)29-13-21(25)26)22-23-20(30-24-22)10-6-14-5-8-18(27-2)19(11-14)28-3/h5-12H,4,13H2,1-3H3. The molecule has 0 saturated carbocycles. The minimum absolute atomic E-state index is 0.0491. The molecule has 0 unspecified atom stereocenters. The van der Waals surface area contributed by atoms with Crippen LogP contribution in [0.2, 0.25) is 0 Å². The maximum atomic E-state index is 12.1. The minimum Gasteiger partial charge on any atom is -0.493 e. The molecule has 0 aliphatic carbocycles. The molecule has 0 saturated heterocycles. The van der Waals surface area contributed by atoms with E-state index in [4.69, 9.17) is 18.7 Å². The third kappa shape index (κ3) is 3.71. The quantitative estimate of drug-likeness (QED) is 0.616. The Labute approximate surface area is 173 Å². The summed E-state index contributed by atoms with van der Waals surface area (Å²) in [6.45, 7) is 2.53. The molecule has 1 amide bonds. The second kappa shape index (κ2) is 8.28. The molecule has 0 atom stereocenters. The van der Waals surface area contributed by atoms with Crippen LogP contribution in [0.15, 0.2) is 40.9 Å². The van der Waals surface area contributed by atoms with Crippen molar-refractivity contribution in [3.8, 4) is 28.6 Å². The first-order valence-corrected chi connectivity index (χ1v) is 9.44. The van der Waals surface area contributed by atoms with Gasteiger partial charge in [0.15, 0.2) is 18.1 Å². The molecule has 0 N–H and O–H groups in total. The Bertz CT molecular complexity index is 1110. The summed E-state index contributed by atoms with van der Waals surface area (Å²) >= 11 is 0. The fourth-order valence-electron chi connectivity index (χ4n) is 3.23. The van der Waals surface area contributed by atoms with Gasteiger partial charge in [-0.25, -0.2) is 0 Å². The van der Waals surface area contributed by atoms with Crippen LogP contribution in [0.5, 0.6) is 17.2 Å². The molecule has 0 bridgehead atoms. The largest absolute Gasteiger partial charge is 0.493 e. The molecule has 154 valence electrons. The van der Waals surface area contributed by atoms with E-state index in [0.29, 0.717) is 41.2 Å². The monoisotopic (exact) mass is 407 g/mol. The number of methoxy groups -OCH3 is 2. The summed E-state index contributed by atoms with van der Waals surface area (Å²) in [7, 11) is 3.18. The highest BCUT2D eigenvalue weighted by Crippen LogP contribution is 2.35. The molecule has 2 heterocycles. The number of carbonyl (C=O) groups excluding carboxylic acids is 1. The number of anilines is 1. The SMILES string of the molecule is CCN1C(=O)COc2ccc(-c3noc(C=Cc4ccc(OC)c(OC)c4)n3)cc21. The van der Waals surface area contributed by atoms with Crippen molar-refractivity contribution in [3.05, 3.63) is 47.9 Å². The first-order valence-electron chi connectivity index (χ1n) is 9.44. The Hall–Kier alpha value is -3.81. The van der Waals surface area contributed by atoms with Crippen molar-refractivity contribution in [1.29, 1.82) is 0 Å². The Balaban J connectivity index is 1.57. The first kappa shape index (κ1) is 19.5. The zero-order valence-corrected chi connectivity index (χ0v) is 16.9. The summed E-state index contributed by atoms with van der Waals surface area (Å²) in [5.41, 5.74) is 2.34. The van der Waals surface area contributed by atoms with E-state index in [1.54, 1.807) is 25.2 Å². The third-order valence-corrected chi connectivity index (χ3v) is 4.74. The van der Waals surface area contributed by atoms with Crippen molar-refractivity contribution in [2.75, 3.05) is 32.3 Å². The van der Waals surface area contributed by atoms with Gasteiger partial charge in [-0.15, -0.1) is 0 Å². The Kier molecular flexibility index (Phi) is 5.38. The minimum atomic E-state index is -0.0752. The Morgan fingerprint density at radius 3 is 2.70 bits per heavy atom. The third-order valence-electron chi connectivity index (χ3n) is 4.74. The molecule has 1 aliphatic heterocycles. The number of nitrogens with zero attached hydrogens (tertiary/aromatic N) is 3. The number of likely N-dealkylation sites (N-methyl/N-ethyl adjacent to an activating group) is 1. The van der Waals surface area contributed by atoms with Crippen LogP contribution in [0.4, 0.5) is 5.69 Å². The van der Waals surface area contributed by atoms with E-state index in [9.17, 15) is 4.79 Å². The van der Waals surface area contributed by atoms with E-state index in [-0.39, 0.29) is 12.5 Å². The summed E-state index contributed by atoms with van der Waals surface area (Å²) in [6.07, 6.45) is 3.57. The average molecular weight is 407 g/mol. The lowest BCUT2D eigenvalue weighted by atomic mass is 10.1. The van der Waals surface area contributed by atoms with E-state index in [0.717, 1.165) is 11.1 Å². The predicted molar refractivity (Wildman–Crippen MR) is 112 cm³/mol. The summed E-state index contributed by atoms with van der Waals surface area (Å²) in [5.74, 6) is 2.67. The molecule has 3 aromatic rings. The maximum Gasteiger partial charge on any atom is 0.265 e. The van der Waals surface area contributed by atoms with Gasteiger partial charge in [-0.05, 0) is 48.9 Å². The van der Waals surface area contributed by atoms with Crippen molar-refractivity contribution in [2.24, 2.45) is 0 Å². The van der Waals surface area contributed by atoms with Crippen molar-refractivity contribution < 1.29 is 23.5 Å². The van der Waals surface area contributed by atoms with Gasteiger partial charge in [0.05, 0.1) is 19.9 Å². The molecule has 0 spiro atoms. The summed E-state index contributed by atoms with van der Waals surface area (Å²) in [4.78, 5) is 18.2. The molecule has 1 aromatic heterocycles. The molecule has 8 nitrogen and oxygen atoms in total. The van der Waals surface area contributed by atoms with Gasteiger partial charge >= 0.3 is 0 Å². The molecule has 4 rings (SSSR count). The van der Waals surface area contributed by atoms with E-state index in [1.807, 2.05) is 49.4 Å². The van der Waals surface area contributed by atoms with Crippen LogP contribution >= 0.6 is 0 Å². The van der Waals surface area contributed by atoms with Crippen LogP contribution in [0.1, 0.15) is 18.4 Å². The second-order valence-corrected chi connectivity index (χ2v) is 6.51. The van der Waals surface area contributed by atoms with Gasteiger partial charge in [-0.1, -0.05) is 11.2 Å². The Morgan fingerprint density at radius 2 is 1.93 bits per heavy atom. The van der Waals surface area contributed by atoms with Gasteiger partial charge in [0.1, 0.15) is 5.75 Å². The van der Waals surface area contributed by atoms with Crippen LogP contribution in [-0.2, 0) is 4.79 Å². The topological polar surface area (TPSA) is 86.9 Å². The van der Waals surface area contributed by atoms with Crippen LogP contribution in [-0.4, -0.2) is 43.4 Å². The molecule has 1 aliphatic rings. The number of hydrogen-bond acceptors (Lipinski definition) is 7. The fraction of sp³-hybridized carbons (Fsp3) is 0.227. The lowest BCUT2D eigenvalue weighted by Gasteiger charge is -2.28. The van der Waals surface area contributed by atoms with Gasteiger partial charge < -0.3 is 23.6 Å². The highest BCUT2D eigenvalue weighted by atomic mass is 16.5. The first-order chi connectivity index (χ1) is 14.6. The molecule has 30 heavy (non-hydrogen) atoms. The number of fused-ring (bicyclic) bond motifs is 1. The number of rotatable bonds is 6. The van der Waals surface area contributed by atoms with E-state index in [1.165, 1.54) is 0 Å². The number of amides is 1. The van der Waals surface area contributed by atoms with Gasteiger partial charge in [0, 0.05) is 18.2 Å². The normalized spacial score (nSPS) is 13.3. The molecular weight excluding hydrogens is 386 g/mol. The summed E-state index contributed by atoms with van der Waals surface area (Å²) in [6, 6.07) is 11.1. The molecule has 0 fully saturated rings. The van der Waals surface area contributed by atoms with Crippen molar-refractivity contribution in [1.82, 2.24) is 10.1 Å². The number of carbonyl (C=O) groups is 1. The predicted octanol–water partition coefficient (Wildman–Crippen LogP) is 3.67. The lowest BCUT2D eigenvalue weighted by Crippen LogP contribution is -2.38. The summed E-state index contributed by atoms with van der Waals surface area (Å²) < 4.78 is 21.4. The molecular formula is C22H21N3O5. The number of aromatic nitrogens is 2. The zero-order chi connectivity index (χ0) is 21.1. The maximum absolute atomic E-state index is 12.1. The van der Waals surface area contributed by atoms with Crippen LogP contribution < -0.4 is 19.1 Å². The van der Waals surface area contributed by atoms with E-state index >= 15 is 0 Å². The van der Waals surface area contributed by atoms with Gasteiger partial charge in [-0.3, -0.25) is 4.79 Å². The average Bonchev–Trinajstić information content (AvgIpc) is 3.26. The van der Waals surface area contributed by atoms with Gasteiger partial charge in [0.25, 0.3) is 11.8 Å². The smallest absolute Gasteiger partial charge is 0.265 e. The zero-order valence-electron chi connectivity index (χ0n) is 16.9. The highest BCUT2D eigenvalue weighted by molar-refractivity contribution is 5.98. The second-order valence-electron chi connectivity index (χ2n) is 6.51. The molecule has 0 radical (unpaired) electrons. The highest BCUT2D eigenvalue weighted by Gasteiger charge is 2.25. The van der Waals surface area contributed by atoms with E-state index in [2.05, 4.69) is 10.1 Å². The molecule has 8 heteroatoms. The Morgan fingerprint density at radius 1 is 1.10 bits per heavy atom. The van der Waals surface area contributed by atoms with E-state index < -0.39 is 0 Å². The number of hydrogen-bond donors (Lipinski definition) is 0. The lowest BCUT2D eigenvalue weighted by molar-refractivity contribution is -0.121. The van der Waals surface area contributed by atoms with Crippen molar-refractivity contribution >= 4 is 23.7 Å². The van der Waals surface area contributed by atoms with Crippen molar-refractivity contribution in [2.45, 2.75) is 6.92 Å². The number of ether oxygens (including phenoxy) is 3. The van der Waals surface area contributed by atoms with Crippen LogP contribution in [0.3, 0.4) is 0 Å². The number of benzene rings is 2. The van der Waals surface area contributed by atoms with Gasteiger partial charge in [0.2, 0.25) is 5.82 Å². The van der Waals surface area contributed by atoms with Crippen LogP contribution in [0, 0.1) is 0 Å². The van der Waals surface area contributed by atoms with Crippen LogP contribution in [0.25, 0.3) is 23.5 Å². The van der Waals surface area contributed by atoms with Gasteiger partial charge in [-0.2, -0.15) is 4.98 Å². The fourth-order valence-corrected chi connectivity index (χ4v) is 3.23. The van der Waals surface area contributed by atoms with Crippen molar-refractivity contribution in [3.63, 3.8) is 0 Å².